The third-order valence-electron chi connectivity index (χ3n) is 2.63. The summed E-state index contributed by atoms with van der Waals surface area (Å²) in [7, 11) is 0. The molecule has 88 valence electrons. The van der Waals surface area contributed by atoms with Crippen LogP contribution in [0.25, 0.3) is 0 Å². The van der Waals surface area contributed by atoms with Crippen LogP contribution in [0.2, 0.25) is 0 Å². The Hall–Kier alpha value is -1.97. The molecule has 1 aromatic heterocycles. The molecule has 2 N–H and O–H groups in total. The molecule has 4 heteroatoms. The summed E-state index contributed by atoms with van der Waals surface area (Å²) in [5.74, 6) is -0.635. The number of aryl methyl sites for hydroxylation is 1. The minimum Gasteiger partial charge on any atom is -0.383 e. The van der Waals surface area contributed by atoms with Crippen molar-refractivity contribution < 1.29 is 8.78 Å². The van der Waals surface area contributed by atoms with E-state index in [0.717, 1.165) is 5.56 Å². The summed E-state index contributed by atoms with van der Waals surface area (Å²) in [6.45, 7) is 0. The monoisotopic (exact) mass is 234 g/mol. The smallest absolute Gasteiger partial charge is 0.129 e. The number of hydrogen-bond acceptors (Lipinski definition) is 2. The number of hydrogen-bond donors (Lipinski definition) is 1. The Balaban J connectivity index is 2.16. The summed E-state index contributed by atoms with van der Waals surface area (Å²) in [6, 6.07) is 7.42. The Morgan fingerprint density at radius 1 is 1.00 bits per heavy atom. The summed E-state index contributed by atoms with van der Waals surface area (Å²) in [5.41, 5.74) is 6.56. The highest BCUT2D eigenvalue weighted by molar-refractivity contribution is 5.39. The molecule has 1 heterocycles. The van der Waals surface area contributed by atoms with Gasteiger partial charge in [0.25, 0.3) is 0 Å². The summed E-state index contributed by atoms with van der Waals surface area (Å²) in [4.78, 5) is 3.93. The van der Waals surface area contributed by atoms with Gasteiger partial charge in [0.2, 0.25) is 0 Å². The molecule has 0 amide bonds. The molecule has 1 aromatic carbocycles. The van der Waals surface area contributed by atoms with Gasteiger partial charge in [-0.2, -0.15) is 0 Å². The van der Waals surface area contributed by atoms with Crippen molar-refractivity contribution in [2.45, 2.75) is 12.8 Å². The minimum absolute atomic E-state index is 0.0933. The van der Waals surface area contributed by atoms with E-state index in [1.807, 2.05) is 0 Å². The predicted molar refractivity (Wildman–Crippen MR) is 62.4 cm³/mol. The van der Waals surface area contributed by atoms with Crippen LogP contribution in [0.15, 0.2) is 36.5 Å². The van der Waals surface area contributed by atoms with E-state index in [9.17, 15) is 8.78 Å². The fourth-order valence-electron chi connectivity index (χ4n) is 1.69. The number of benzene rings is 1. The molecular formula is C13H12F2N2. The molecule has 0 fully saturated rings. The van der Waals surface area contributed by atoms with Crippen molar-refractivity contribution in [2.75, 3.05) is 5.73 Å². The maximum absolute atomic E-state index is 13.4. The lowest BCUT2D eigenvalue weighted by Gasteiger charge is -2.06. The second kappa shape index (κ2) is 4.91. The summed E-state index contributed by atoms with van der Waals surface area (Å²) in [5, 5.41) is 0. The van der Waals surface area contributed by atoms with Gasteiger partial charge in [0, 0.05) is 11.8 Å². The first kappa shape index (κ1) is 11.5. The van der Waals surface area contributed by atoms with E-state index < -0.39 is 11.6 Å². The molecule has 0 aliphatic heterocycles. The largest absolute Gasteiger partial charge is 0.383 e. The van der Waals surface area contributed by atoms with Crippen LogP contribution in [-0.4, -0.2) is 4.98 Å². The van der Waals surface area contributed by atoms with Crippen molar-refractivity contribution in [1.29, 1.82) is 0 Å². The Kier molecular flexibility index (Phi) is 3.32. The molecule has 17 heavy (non-hydrogen) atoms. The zero-order valence-corrected chi connectivity index (χ0v) is 9.16. The van der Waals surface area contributed by atoms with Crippen LogP contribution < -0.4 is 5.73 Å². The number of nitrogens with two attached hydrogens (primary N) is 1. The molecule has 0 spiro atoms. The van der Waals surface area contributed by atoms with E-state index >= 15 is 0 Å². The molecule has 0 saturated heterocycles. The molecule has 0 radical (unpaired) electrons. The topological polar surface area (TPSA) is 38.9 Å². The summed E-state index contributed by atoms with van der Waals surface area (Å²) < 4.78 is 26.7. The highest BCUT2D eigenvalue weighted by Crippen LogP contribution is 2.16. The quantitative estimate of drug-likeness (QED) is 0.886. The number of rotatable bonds is 3. The van der Waals surface area contributed by atoms with E-state index in [-0.39, 0.29) is 12.0 Å². The molecule has 0 atom stereocenters. The maximum atomic E-state index is 13.4. The Morgan fingerprint density at radius 2 is 1.71 bits per heavy atom. The van der Waals surface area contributed by atoms with Gasteiger partial charge in [-0.25, -0.2) is 13.8 Å². The van der Waals surface area contributed by atoms with Crippen molar-refractivity contribution in [2.24, 2.45) is 0 Å². The highest BCUT2D eigenvalue weighted by Gasteiger charge is 2.09. The summed E-state index contributed by atoms with van der Waals surface area (Å²) >= 11 is 0. The van der Waals surface area contributed by atoms with E-state index in [2.05, 4.69) is 4.98 Å². The van der Waals surface area contributed by atoms with Gasteiger partial charge in [-0.15, -0.1) is 0 Å². The highest BCUT2D eigenvalue weighted by atomic mass is 19.1. The lowest BCUT2D eigenvalue weighted by molar-refractivity contribution is 0.554. The zero-order valence-electron chi connectivity index (χ0n) is 9.16. The molecule has 0 saturated carbocycles. The van der Waals surface area contributed by atoms with Crippen LogP contribution in [0.3, 0.4) is 0 Å². The molecule has 2 aromatic rings. The van der Waals surface area contributed by atoms with Gasteiger partial charge in [0.1, 0.15) is 17.5 Å². The zero-order chi connectivity index (χ0) is 12.3. The Bertz CT molecular complexity index is 506. The van der Waals surface area contributed by atoms with Gasteiger partial charge in [-0.1, -0.05) is 12.1 Å². The first-order chi connectivity index (χ1) is 8.18. The van der Waals surface area contributed by atoms with Gasteiger partial charge in [0.05, 0.1) is 0 Å². The van der Waals surface area contributed by atoms with Crippen LogP contribution in [-0.2, 0) is 12.8 Å². The molecular weight excluding hydrogens is 222 g/mol. The number of halogens is 2. The van der Waals surface area contributed by atoms with Crippen molar-refractivity contribution in [3.8, 4) is 0 Å². The molecule has 2 nitrogen and oxygen atoms in total. The number of nitrogens with zero attached hydrogens (tertiary/aromatic N) is 1. The van der Waals surface area contributed by atoms with Crippen molar-refractivity contribution >= 4 is 5.82 Å². The van der Waals surface area contributed by atoms with Gasteiger partial charge < -0.3 is 5.73 Å². The second-order valence-electron chi connectivity index (χ2n) is 3.75. The maximum Gasteiger partial charge on any atom is 0.129 e. The number of anilines is 1. The standard InChI is InChI=1S/C13H12F2N2/c14-11-4-1-5-12(15)10(11)7-6-9-3-2-8-17-13(9)16/h1-5,8H,6-7H2,(H2,16,17). The van der Waals surface area contributed by atoms with Gasteiger partial charge in [-0.3, -0.25) is 0 Å². The third-order valence-corrected chi connectivity index (χ3v) is 2.63. The normalized spacial score (nSPS) is 10.5. The van der Waals surface area contributed by atoms with Crippen molar-refractivity contribution in [3.63, 3.8) is 0 Å². The summed E-state index contributed by atoms with van der Waals surface area (Å²) in [6.07, 6.45) is 2.33. The second-order valence-corrected chi connectivity index (χ2v) is 3.75. The van der Waals surface area contributed by atoms with Crippen LogP contribution >= 0.6 is 0 Å². The molecule has 0 bridgehead atoms. The number of aromatic nitrogens is 1. The van der Waals surface area contributed by atoms with E-state index in [1.54, 1.807) is 18.3 Å². The average Bonchev–Trinajstić information content (AvgIpc) is 2.30. The van der Waals surface area contributed by atoms with Crippen LogP contribution in [0.5, 0.6) is 0 Å². The van der Waals surface area contributed by atoms with Gasteiger partial charge in [-0.05, 0) is 36.6 Å². The molecule has 0 unspecified atom stereocenters. The van der Waals surface area contributed by atoms with Crippen LogP contribution in [0.1, 0.15) is 11.1 Å². The van der Waals surface area contributed by atoms with Crippen molar-refractivity contribution in [3.05, 3.63) is 59.3 Å². The molecule has 2 rings (SSSR count). The lowest BCUT2D eigenvalue weighted by atomic mass is 10.0. The van der Waals surface area contributed by atoms with Gasteiger partial charge in [0.15, 0.2) is 0 Å². The Morgan fingerprint density at radius 3 is 2.35 bits per heavy atom. The number of nitrogen functional groups attached to an aromatic ring is 1. The average molecular weight is 234 g/mol. The SMILES string of the molecule is Nc1ncccc1CCc1c(F)cccc1F. The third kappa shape index (κ3) is 2.58. The molecule has 0 aliphatic carbocycles. The van der Waals surface area contributed by atoms with Crippen LogP contribution in [0.4, 0.5) is 14.6 Å². The van der Waals surface area contributed by atoms with E-state index in [0.29, 0.717) is 12.2 Å². The molecule has 0 aliphatic rings. The van der Waals surface area contributed by atoms with Gasteiger partial charge >= 0.3 is 0 Å². The lowest BCUT2D eigenvalue weighted by Crippen LogP contribution is -2.02. The first-order valence-electron chi connectivity index (χ1n) is 5.30. The number of pyridine rings is 1. The van der Waals surface area contributed by atoms with Crippen molar-refractivity contribution in [1.82, 2.24) is 4.98 Å². The predicted octanol–water partition coefficient (Wildman–Crippen LogP) is 2.73. The fraction of sp³-hybridized carbons (Fsp3) is 0.154. The van der Waals surface area contributed by atoms with E-state index in [1.165, 1.54) is 18.2 Å². The van der Waals surface area contributed by atoms with E-state index in [4.69, 9.17) is 5.73 Å². The minimum atomic E-state index is -0.521. The van der Waals surface area contributed by atoms with Crippen LogP contribution in [0, 0.1) is 11.6 Å². The Labute approximate surface area is 98.1 Å². The fourth-order valence-corrected chi connectivity index (χ4v) is 1.69. The first-order valence-corrected chi connectivity index (χ1v) is 5.30.